The smallest absolute Gasteiger partial charge is 0.252 e. The fraction of sp³-hybridized carbons (Fsp3) is 0.172. The van der Waals surface area contributed by atoms with E-state index in [0.29, 0.717) is 35.8 Å². The van der Waals surface area contributed by atoms with Crippen LogP contribution in [0, 0.1) is 5.82 Å². The molecule has 0 radical (unpaired) electrons. The highest BCUT2D eigenvalue weighted by atomic mass is 19.1. The minimum atomic E-state index is -0.946. The van der Waals surface area contributed by atoms with Gasteiger partial charge in [-0.05, 0) is 70.8 Å². The molecule has 1 aliphatic heterocycles. The maximum atomic E-state index is 13.4. The lowest BCUT2D eigenvalue weighted by atomic mass is 9.80. The molecular formula is C29H25FN2O4. The maximum Gasteiger partial charge on any atom is 0.252 e. The maximum absolute atomic E-state index is 13.4. The van der Waals surface area contributed by atoms with Crippen LogP contribution in [0.2, 0.25) is 0 Å². The van der Waals surface area contributed by atoms with E-state index < -0.39 is 11.4 Å². The van der Waals surface area contributed by atoms with Gasteiger partial charge in [-0.1, -0.05) is 30.3 Å². The van der Waals surface area contributed by atoms with Crippen molar-refractivity contribution in [3.05, 3.63) is 113 Å². The number of fused-ring (bicyclic) bond motifs is 1. The Labute approximate surface area is 208 Å². The van der Waals surface area contributed by atoms with Gasteiger partial charge in [-0.3, -0.25) is 9.78 Å². The van der Waals surface area contributed by atoms with Crippen LogP contribution >= 0.6 is 0 Å². The number of ether oxygens (including phenoxy) is 2. The van der Waals surface area contributed by atoms with Crippen molar-refractivity contribution < 1.29 is 23.8 Å². The normalized spacial score (nSPS) is 16.5. The molecular weight excluding hydrogens is 459 g/mol. The number of rotatable bonds is 6. The molecule has 4 aromatic rings. The van der Waals surface area contributed by atoms with Crippen LogP contribution in [0.3, 0.4) is 0 Å². The quantitative estimate of drug-likeness (QED) is 0.409. The molecule has 1 atom stereocenters. The van der Waals surface area contributed by atoms with E-state index >= 15 is 0 Å². The monoisotopic (exact) mass is 484 g/mol. The van der Waals surface area contributed by atoms with Crippen LogP contribution in [-0.2, 0) is 12.1 Å². The molecule has 7 heteroatoms. The number of pyridine rings is 1. The summed E-state index contributed by atoms with van der Waals surface area (Å²) < 4.78 is 24.6. The molecule has 6 nitrogen and oxygen atoms in total. The zero-order chi connectivity index (χ0) is 25.1. The van der Waals surface area contributed by atoms with E-state index in [1.54, 1.807) is 19.4 Å². The predicted octanol–water partition coefficient (Wildman–Crippen LogP) is 4.84. The number of aliphatic hydroxyl groups is 1. The molecule has 0 saturated carbocycles. The van der Waals surface area contributed by atoms with Crippen molar-refractivity contribution in [2.24, 2.45) is 0 Å². The molecule has 182 valence electrons. The van der Waals surface area contributed by atoms with Crippen molar-refractivity contribution in [2.45, 2.75) is 18.6 Å². The SMILES string of the molecule is COc1ccc(-c2ccc(C3(NC(=O)c4ccc(F)cc4)CCOc4cccnc43)cc2)c(CO)c1. The summed E-state index contributed by atoms with van der Waals surface area (Å²) in [5.74, 6) is 0.530. The highest BCUT2D eigenvalue weighted by Gasteiger charge is 2.42. The molecule has 1 unspecified atom stereocenters. The number of carbonyl (C=O) groups excluding carboxylic acids is 1. The Morgan fingerprint density at radius 2 is 1.89 bits per heavy atom. The van der Waals surface area contributed by atoms with E-state index in [2.05, 4.69) is 10.3 Å². The molecule has 0 bridgehead atoms. The Bertz CT molecular complexity index is 1390. The number of benzene rings is 3. The second-order valence-corrected chi connectivity index (χ2v) is 8.57. The summed E-state index contributed by atoms with van der Waals surface area (Å²) in [4.78, 5) is 17.9. The highest BCUT2D eigenvalue weighted by Crippen LogP contribution is 2.41. The third-order valence-electron chi connectivity index (χ3n) is 6.51. The first-order chi connectivity index (χ1) is 17.5. The van der Waals surface area contributed by atoms with Crippen LogP contribution in [0.15, 0.2) is 85.1 Å². The van der Waals surface area contributed by atoms with Crippen molar-refractivity contribution in [2.75, 3.05) is 13.7 Å². The molecule has 3 aromatic carbocycles. The van der Waals surface area contributed by atoms with Crippen LogP contribution in [0.25, 0.3) is 11.1 Å². The largest absolute Gasteiger partial charge is 0.497 e. The van der Waals surface area contributed by atoms with Gasteiger partial charge in [0.25, 0.3) is 5.91 Å². The molecule has 5 rings (SSSR count). The van der Waals surface area contributed by atoms with Gasteiger partial charge in [0.2, 0.25) is 0 Å². The molecule has 1 aliphatic rings. The second-order valence-electron chi connectivity index (χ2n) is 8.57. The average Bonchev–Trinajstić information content (AvgIpc) is 2.93. The Balaban J connectivity index is 1.57. The molecule has 1 aromatic heterocycles. The molecule has 0 spiro atoms. The first-order valence-corrected chi connectivity index (χ1v) is 11.6. The van der Waals surface area contributed by atoms with Gasteiger partial charge in [0.05, 0.1) is 20.3 Å². The first kappa shape index (κ1) is 23.5. The summed E-state index contributed by atoms with van der Waals surface area (Å²) in [5, 5.41) is 13.1. The summed E-state index contributed by atoms with van der Waals surface area (Å²) in [7, 11) is 1.59. The highest BCUT2D eigenvalue weighted by molar-refractivity contribution is 5.95. The molecule has 36 heavy (non-hydrogen) atoms. The summed E-state index contributed by atoms with van der Waals surface area (Å²) in [6.07, 6.45) is 2.14. The third-order valence-corrected chi connectivity index (χ3v) is 6.51. The van der Waals surface area contributed by atoms with Gasteiger partial charge in [0, 0.05) is 18.2 Å². The lowest BCUT2D eigenvalue weighted by Gasteiger charge is -2.39. The first-order valence-electron chi connectivity index (χ1n) is 11.6. The lowest BCUT2D eigenvalue weighted by Crippen LogP contribution is -2.50. The Kier molecular flexibility index (Phi) is 6.40. The summed E-state index contributed by atoms with van der Waals surface area (Å²) in [6.45, 7) is 0.262. The molecule has 2 N–H and O–H groups in total. The van der Waals surface area contributed by atoms with Gasteiger partial charge in [-0.25, -0.2) is 4.39 Å². The summed E-state index contributed by atoms with van der Waals surface area (Å²) in [5.41, 5.74) is 3.41. The van der Waals surface area contributed by atoms with Crippen molar-refractivity contribution in [3.63, 3.8) is 0 Å². The van der Waals surface area contributed by atoms with Gasteiger partial charge in [0.15, 0.2) is 0 Å². The van der Waals surface area contributed by atoms with Gasteiger partial charge in [0.1, 0.15) is 28.5 Å². The number of methoxy groups -OCH3 is 1. The lowest BCUT2D eigenvalue weighted by molar-refractivity contribution is 0.0883. The van der Waals surface area contributed by atoms with Crippen molar-refractivity contribution in [1.29, 1.82) is 0 Å². The fourth-order valence-corrected chi connectivity index (χ4v) is 4.65. The number of hydrogen-bond acceptors (Lipinski definition) is 5. The number of aliphatic hydroxyl groups excluding tert-OH is 1. The minimum absolute atomic E-state index is 0.124. The summed E-state index contributed by atoms with van der Waals surface area (Å²) in [6, 6.07) is 22.5. The Morgan fingerprint density at radius 3 is 2.61 bits per heavy atom. The van der Waals surface area contributed by atoms with Gasteiger partial charge in [-0.2, -0.15) is 0 Å². The third kappa shape index (κ3) is 4.29. The van der Waals surface area contributed by atoms with Crippen LogP contribution in [0.4, 0.5) is 4.39 Å². The Hall–Kier alpha value is -4.23. The van der Waals surface area contributed by atoms with E-state index in [4.69, 9.17) is 9.47 Å². The van der Waals surface area contributed by atoms with Crippen LogP contribution in [0.5, 0.6) is 11.5 Å². The van der Waals surface area contributed by atoms with Crippen molar-refractivity contribution in [1.82, 2.24) is 10.3 Å². The van der Waals surface area contributed by atoms with E-state index in [0.717, 1.165) is 22.3 Å². The Morgan fingerprint density at radius 1 is 1.11 bits per heavy atom. The molecule has 2 heterocycles. The molecule has 0 aliphatic carbocycles. The zero-order valence-electron chi connectivity index (χ0n) is 19.7. The number of hydrogen-bond donors (Lipinski definition) is 2. The van der Waals surface area contributed by atoms with E-state index in [-0.39, 0.29) is 12.5 Å². The average molecular weight is 485 g/mol. The van der Waals surface area contributed by atoms with E-state index in [1.807, 2.05) is 48.5 Å². The zero-order valence-corrected chi connectivity index (χ0v) is 19.7. The van der Waals surface area contributed by atoms with Crippen molar-refractivity contribution in [3.8, 4) is 22.6 Å². The van der Waals surface area contributed by atoms with E-state index in [1.165, 1.54) is 24.3 Å². The van der Waals surface area contributed by atoms with Crippen molar-refractivity contribution >= 4 is 5.91 Å². The number of nitrogens with zero attached hydrogens (tertiary/aromatic N) is 1. The van der Waals surface area contributed by atoms with E-state index in [9.17, 15) is 14.3 Å². The topological polar surface area (TPSA) is 80.7 Å². The second kappa shape index (κ2) is 9.79. The number of carbonyl (C=O) groups is 1. The molecule has 0 fully saturated rings. The summed E-state index contributed by atoms with van der Waals surface area (Å²) >= 11 is 0. The number of halogens is 1. The predicted molar refractivity (Wildman–Crippen MR) is 133 cm³/mol. The fourth-order valence-electron chi connectivity index (χ4n) is 4.65. The minimum Gasteiger partial charge on any atom is -0.497 e. The van der Waals surface area contributed by atoms with Crippen LogP contribution < -0.4 is 14.8 Å². The standard InChI is InChI=1S/C29H25FN2O4/c1-35-24-12-13-25(21(17-24)18-33)19-4-8-22(9-5-19)29(14-16-36-26-3-2-15-31-27(26)29)32-28(34)20-6-10-23(30)11-7-20/h2-13,15,17,33H,14,16,18H2,1H3,(H,32,34). The number of aromatic nitrogens is 1. The van der Waals surface area contributed by atoms with Gasteiger partial charge < -0.3 is 19.9 Å². The number of nitrogens with one attached hydrogen (secondary N) is 1. The van der Waals surface area contributed by atoms with Gasteiger partial charge >= 0.3 is 0 Å². The molecule has 0 saturated heterocycles. The van der Waals surface area contributed by atoms with Crippen LogP contribution in [0.1, 0.15) is 33.6 Å². The van der Waals surface area contributed by atoms with Crippen LogP contribution in [-0.4, -0.2) is 29.7 Å². The molecule has 1 amide bonds. The number of amides is 1. The van der Waals surface area contributed by atoms with Gasteiger partial charge in [-0.15, -0.1) is 0 Å².